The van der Waals surface area contributed by atoms with Crippen molar-refractivity contribution in [1.82, 2.24) is 15.0 Å². The quantitative estimate of drug-likeness (QED) is 0.463. The molecule has 202 valence electrons. The molecule has 0 saturated carbocycles. The van der Waals surface area contributed by atoms with Crippen LogP contribution >= 0.6 is 0 Å². The fourth-order valence-electron chi connectivity index (χ4n) is 5.36. The second-order valence-electron chi connectivity index (χ2n) is 9.96. The monoisotopic (exact) mass is 522 g/mol. The molecular formula is C28H35FN6O3. The number of benzene rings is 1. The topological polar surface area (TPSA) is 98.1 Å². The van der Waals surface area contributed by atoms with Crippen LogP contribution in [0.5, 0.6) is 5.75 Å². The van der Waals surface area contributed by atoms with Gasteiger partial charge in [-0.1, -0.05) is 0 Å². The fourth-order valence-corrected chi connectivity index (χ4v) is 5.36. The van der Waals surface area contributed by atoms with E-state index in [0.29, 0.717) is 11.7 Å². The SMILES string of the molecule is Cc1cc(OCCO)cnc1N1CCN(c2cc(-c3ccc(F)cc3)nc(N3CCC[C@H]3CO)n2)[C@H](C)C1. The highest BCUT2D eigenvalue weighted by molar-refractivity contribution is 5.66. The Morgan fingerprint density at radius 3 is 2.58 bits per heavy atom. The van der Waals surface area contributed by atoms with Crippen molar-refractivity contribution in [3.05, 3.63) is 54.0 Å². The minimum Gasteiger partial charge on any atom is -0.490 e. The number of nitrogens with zero attached hydrogens (tertiary/aromatic N) is 6. The summed E-state index contributed by atoms with van der Waals surface area (Å²) in [4.78, 5) is 21.1. The molecule has 0 amide bonds. The van der Waals surface area contributed by atoms with Crippen molar-refractivity contribution < 1.29 is 19.3 Å². The highest BCUT2D eigenvalue weighted by Gasteiger charge is 2.30. The Labute approximate surface area is 222 Å². The van der Waals surface area contributed by atoms with Gasteiger partial charge in [0.05, 0.1) is 31.1 Å². The predicted molar refractivity (Wildman–Crippen MR) is 145 cm³/mol. The third-order valence-electron chi connectivity index (χ3n) is 7.29. The predicted octanol–water partition coefficient (Wildman–Crippen LogP) is 3.03. The first-order valence-electron chi connectivity index (χ1n) is 13.2. The molecular weight excluding hydrogens is 487 g/mol. The molecule has 2 fully saturated rings. The van der Waals surface area contributed by atoms with Gasteiger partial charge in [-0.15, -0.1) is 0 Å². The molecule has 5 rings (SSSR count). The van der Waals surface area contributed by atoms with E-state index in [0.717, 1.165) is 67.5 Å². The number of aromatic nitrogens is 3. The molecule has 0 bridgehead atoms. The summed E-state index contributed by atoms with van der Waals surface area (Å²) in [6.07, 6.45) is 3.59. The molecule has 38 heavy (non-hydrogen) atoms. The van der Waals surface area contributed by atoms with E-state index in [2.05, 4.69) is 26.6 Å². The van der Waals surface area contributed by atoms with Crippen LogP contribution in [-0.2, 0) is 0 Å². The molecule has 4 heterocycles. The number of halogens is 1. The fraction of sp³-hybridized carbons (Fsp3) is 0.464. The Balaban J connectivity index is 1.41. The number of ether oxygens (including phenoxy) is 1. The number of pyridine rings is 1. The molecule has 0 radical (unpaired) electrons. The Hall–Kier alpha value is -3.50. The summed E-state index contributed by atoms with van der Waals surface area (Å²) >= 11 is 0. The molecule has 10 heteroatoms. The lowest BCUT2D eigenvalue weighted by atomic mass is 10.1. The lowest BCUT2D eigenvalue weighted by molar-refractivity contribution is 0.201. The van der Waals surface area contributed by atoms with Crippen molar-refractivity contribution in [3.63, 3.8) is 0 Å². The average molecular weight is 523 g/mol. The van der Waals surface area contributed by atoms with E-state index in [1.165, 1.54) is 12.1 Å². The van der Waals surface area contributed by atoms with Gasteiger partial charge in [-0.3, -0.25) is 0 Å². The zero-order valence-corrected chi connectivity index (χ0v) is 21.9. The first kappa shape index (κ1) is 26.1. The molecule has 2 atom stereocenters. The van der Waals surface area contributed by atoms with E-state index in [1.807, 2.05) is 19.1 Å². The summed E-state index contributed by atoms with van der Waals surface area (Å²) in [5.74, 6) is 2.71. The molecule has 2 aliphatic heterocycles. The molecule has 9 nitrogen and oxygen atoms in total. The zero-order chi connectivity index (χ0) is 26.6. The minimum atomic E-state index is -0.287. The van der Waals surface area contributed by atoms with Gasteiger partial charge in [0.25, 0.3) is 0 Å². The standard InChI is InChI=1S/C28H35FN6O3/c1-19-14-24(38-13-12-36)16-30-27(19)33-10-11-34(20(2)17-33)26-15-25(21-5-7-22(29)8-6-21)31-28(32-26)35-9-3-4-23(35)18-37/h5-8,14-16,20,23,36-37H,3-4,9-13,17-18H2,1-2H3/t20-,23+/m1/s1. The molecule has 0 unspecified atom stereocenters. The lowest BCUT2D eigenvalue weighted by Gasteiger charge is -2.41. The molecule has 2 aliphatic rings. The van der Waals surface area contributed by atoms with Crippen molar-refractivity contribution in [2.45, 2.75) is 38.8 Å². The zero-order valence-electron chi connectivity index (χ0n) is 21.9. The van der Waals surface area contributed by atoms with E-state index >= 15 is 0 Å². The van der Waals surface area contributed by atoms with Crippen molar-refractivity contribution in [2.75, 3.05) is 60.7 Å². The third kappa shape index (κ3) is 5.51. The Morgan fingerprint density at radius 1 is 1.05 bits per heavy atom. The van der Waals surface area contributed by atoms with Crippen LogP contribution in [-0.4, -0.2) is 83.2 Å². The van der Waals surface area contributed by atoms with Gasteiger partial charge in [-0.05, 0) is 62.6 Å². The summed E-state index contributed by atoms with van der Waals surface area (Å²) in [5, 5.41) is 18.9. The van der Waals surface area contributed by atoms with E-state index in [1.54, 1.807) is 18.3 Å². The van der Waals surface area contributed by atoms with Gasteiger partial charge in [0.15, 0.2) is 0 Å². The van der Waals surface area contributed by atoms with Crippen LogP contribution in [0, 0.1) is 12.7 Å². The summed E-state index contributed by atoms with van der Waals surface area (Å²) in [6.45, 7) is 7.53. The highest BCUT2D eigenvalue weighted by Crippen LogP contribution is 2.31. The normalized spacial score (nSPS) is 19.8. The van der Waals surface area contributed by atoms with Crippen LogP contribution in [0.2, 0.25) is 0 Å². The van der Waals surface area contributed by atoms with Crippen LogP contribution in [0.25, 0.3) is 11.3 Å². The van der Waals surface area contributed by atoms with Crippen LogP contribution in [0.3, 0.4) is 0 Å². The van der Waals surface area contributed by atoms with Gasteiger partial charge < -0.3 is 29.6 Å². The second-order valence-corrected chi connectivity index (χ2v) is 9.96. The molecule has 2 aromatic heterocycles. The molecule has 0 spiro atoms. The smallest absolute Gasteiger partial charge is 0.228 e. The first-order valence-corrected chi connectivity index (χ1v) is 13.2. The maximum absolute atomic E-state index is 13.6. The van der Waals surface area contributed by atoms with Crippen molar-refractivity contribution in [2.24, 2.45) is 0 Å². The van der Waals surface area contributed by atoms with E-state index in [4.69, 9.17) is 19.8 Å². The number of aliphatic hydroxyl groups is 2. The second kappa shape index (κ2) is 11.5. The molecule has 3 aromatic rings. The maximum atomic E-state index is 13.6. The maximum Gasteiger partial charge on any atom is 0.228 e. The molecule has 0 aliphatic carbocycles. The Kier molecular flexibility index (Phi) is 7.90. The van der Waals surface area contributed by atoms with E-state index < -0.39 is 0 Å². The summed E-state index contributed by atoms with van der Waals surface area (Å²) < 4.78 is 19.1. The minimum absolute atomic E-state index is 0.000956. The van der Waals surface area contributed by atoms with Crippen LogP contribution in [0.15, 0.2) is 42.6 Å². The molecule has 2 saturated heterocycles. The van der Waals surface area contributed by atoms with Gasteiger partial charge >= 0.3 is 0 Å². The summed E-state index contributed by atoms with van der Waals surface area (Å²) in [6, 6.07) is 10.4. The van der Waals surface area contributed by atoms with Gasteiger partial charge in [-0.25, -0.2) is 14.4 Å². The largest absolute Gasteiger partial charge is 0.490 e. The number of aliphatic hydroxyl groups excluding tert-OH is 2. The van der Waals surface area contributed by atoms with Gasteiger partial charge in [0, 0.05) is 43.9 Å². The van der Waals surface area contributed by atoms with Gasteiger partial charge in [0.1, 0.15) is 29.8 Å². The highest BCUT2D eigenvalue weighted by atomic mass is 19.1. The Bertz CT molecular complexity index is 1240. The number of anilines is 3. The number of hydrogen-bond acceptors (Lipinski definition) is 9. The van der Waals surface area contributed by atoms with Crippen molar-refractivity contribution >= 4 is 17.6 Å². The van der Waals surface area contributed by atoms with Crippen molar-refractivity contribution in [1.29, 1.82) is 0 Å². The third-order valence-corrected chi connectivity index (χ3v) is 7.29. The summed E-state index contributed by atoms with van der Waals surface area (Å²) in [7, 11) is 0. The number of aryl methyl sites for hydroxylation is 1. The van der Waals surface area contributed by atoms with Gasteiger partial charge in [-0.2, -0.15) is 4.98 Å². The molecule has 2 N–H and O–H groups in total. The van der Waals surface area contributed by atoms with Crippen LogP contribution in [0.1, 0.15) is 25.3 Å². The number of piperazine rings is 1. The van der Waals surface area contributed by atoms with E-state index in [9.17, 15) is 9.50 Å². The number of hydrogen-bond donors (Lipinski definition) is 2. The first-order chi connectivity index (χ1) is 18.5. The van der Waals surface area contributed by atoms with Crippen LogP contribution in [0.4, 0.5) is 22.0 Å². The Morgan fingerprint density at radius 2 is 1.87 bits per heavy atom. The van der Waals surface area contributed by atoms with Crippen LogP contribution < -0.4 is 19.4 Å². The van der Waals surface area contributed by atoms with Crippen molar-refractivity contribution in [3.8, 4) is 17.0 Å². The lowest BCUT2D eigenvalue weighted by Crippen LogP contribution is -2.53. The molecule has 1 aromatic carbocycles. The average Bonchev–Trinajstić information content (AvgIpc) is 3.41. The van der Waals surface area contributed by atoms with E-state index in [-0.39, 0.29) is 37.7 Å². The number of rotatable bonds is 8. The summed E-state index contributed by atoms with van der Waals surface area (Å²) in [5.41, 5.74) is 2.58. The van der Waals surface area contributed by atoms with Gasteiger partial charge in [0.2, 0.25) is 5.95 Å².